The lowest BCUT2D eigenvalue weighted by Crippen LogP contribution is -2.58. The summed E-state index contributed by atoms with van der Waals surface area (Å²) in [7, 11) is 0. The molecule has 0 saturated heterocycles. The first kappa shape index (κ1) is 29.8. The Hall–Kier alpha value is -4.72. The van der Waals surface area contributed by atoms with Gasteiger partial charge in [-0.05, 0) is 23.6 Å². The standard InChI is InChI=1S/C26H34N8O6/c1-14(2)22(27)25(38)33-20(8-16-10-28-12-30-16)24(37)32-19(7-15-3-5-18(35)6-4-15)23(36)34-21(26(39)40)9-17-11-29-13-31-17/h3-6,10-14,19-22,35H,7-9,27H2,1-2H3,(H,28,30)(H,29,31)(H,32,37)(H,33,38)(H,34,36)(H,39,40). The number of aliphatic carboxylic acids is 1. The second kappa shape index (κ2) is 13.9. The number of phenolic OH excluding ortho intramolecular Hbond substituents is 1. The third-order valence-corrected chi connectivity index (χ3v) is 6.24. The Kier molecular flexibility index (Phi) is 10.4. The number of phenols is 1. The minimum absolute atomic E-state index is 0.0168. The van der Waals surface area contributed by atoms with Crippen LogP contribution in [0.15, 0.2) is 49.3 Å². The molecule has 3 aromatic rings. The smallest absolute Gasteiger partial charge is 0.326 e. The Balaban J connectivity index is 1.83. The molecule has 3 amide bonds. The van der Waals surface area contributed by atoms with Gasteiger partial charge in [-0.3, -0.25) is 14.4 Å². The number of carboxylic acid groups (broad SMARTS) is 1. The SMILES string of the molecule is CC(C)C(N)C(=O)NC(Cc1cnc[nH]1)C(=O)NC(Cc1ccc(O)cc1)C(=O)NC(Cc1cnc[nH]1)C(=O)O. The predicted molar refractivity (Wildman–Crippen MR) is 143 cm³/mol. The molecule has 0 spiro atoms. The van der Waals surface area contributed by atoms with Gasteiger partial charge in [0.15, 0.2) is 0 Å². The first-order valence-corrected chi connectivity index (χ1v) is 12.7. The number of hydrogen-bond donors (Lipinski definition) is 8. The van der Waals surface area contributed by atoms with Gasteiger partial charge in [-0.25, -0.2) is 14.8 Å². The van der Waals surface area contributed by atoms with Crippen molar-refractivity contribution >= 4 is 23.7 Å². The molecule has 40 heavy (non-hydrogen) atoms. The van der Waals surface area contributed by atoms with Gasteiger partial charge in [0.2, 0.25) is 17.7 Å². The summed E-state index contributed by atoms with van der Waals surface area (Å²) in [5, 5.41) is 27.1. The minimum atomic E-state index is -1.31. The Morgan fingerprint density at radius 2 is 1.27 bits per heavy atom. The summed E-state index contributed by atoms with van der Waals surface area (Å²) in [5.74, 6) is -3.42. The van der Waals surface area contributed by atoms with E-state index in [1.807, 2.05) is 0 Å². The number of nitrogens with one attached hydrogen (secondary N) is 5. The highest BCUT2D eigenvalue weighted by atomic mass is 16.4. The van der Waals surface area contributed by atoms with E-state index in [2.05, 4.69) is 35.9 Å². The van der Waals surface area contributed by atoms with Gasteiger partial charge >= 0.3 is 5.97 Å². The molecule has 214 valence electrons. The van der Waals surface area contributed by atoms with Crippen LogP contribution in [0, 0.1) is 5.92 Å². The number of nitrogens with two attached hydrogens (primary N) is 1. The van der Waals surface area contributed by atoms with Crippen molar-refractivity contribution in [1.82, 2.24) is 35.9 Å². The van der Waals surface area contributed by atoms with Crippen molar-refractivity contribution in [2.24, 2.45) is 11.7 Å². The molecule has 0 bridgehead atoms. The van der Waals surface area contributed by atoms with E-state index in [1.54, 1.807) is 26.0 Å². The van der Waals surface area contributed by atoms with Crippen molar-refractivity contribution in [3.8, 4) is 5.75 Å². The molecule has 3 rings (SSSR count). The molecule has 4 atom stereocenters. The molecule has 4 unspecified atom stereocenters. The van der Waals surface area contributed by atoms with Crippen LogP contribution in [0.4, 0.5) is 0 Å². The number of aromatic nitrogens is 4. The monoisotopic (exact) mass is 554 g/mol. The third kappa shape index (κ3) is 8.66. The number of benzene rings is 1. The van der Waals surface area contributed by atoms with E-state index in [0.717, 1.165) is 0 Å². The zero-order valence-corrected chi connectivity index (χ0v) is 22.1. The summed E-state index contributed by atoms with van der Waals surface area (Å²) in [5.41, 5.74) is 7.62. The molecule has 14 heteroatoms. The Bertz CT molecular complexity index is 1260. The number of aromatic hydroxyl groups is 1. The van der Waals surface area contributed by atoms with Crippen LogP contribution in [0.2, 0.25) is 0 Å². The van der Waals surface area contributed by atoms with Crippen LogP contribution in [0.5, 0.6) is 5.75 Å². The first-order chi connectivity index (χ1) is 19.0. The fourth-order valence-electron chi connectivity index (χ4n) is 3.83. The van der Waals surface area contributed by atoms with Gasteiger partial charge in [0.05, 0.1) is 18.7 Å². The molecule has 0 radical (unpaired) electrons. The number of carboxylic acids is 1. The van der Waals surface area contributed by atoms with Crippen molar-refractivity contribution < 1.29 is 29.4 Å². The Morgan fingerprint density at radius 1 is 0.800 bits per heavy atom. The number of aromatic amines is 2. The average Bonchev–Trinajstić information content (AvgIpc) is 3.62. The highest BCUT2D eigenvalue weighted by Crippen LogP contribution is 2.12. The van der Waals surface area contributed by atoms with E-state index in [0.29, 0.717) is 17.0 Å². The number of hydrogen-bond acceptors (Lipinski definition) is 8. The number of amides is 3. The van der Waals surface area contributed by atoms with Gasteiger partial charge in [0.25, 0.3) is 0 Å². The van der Waals surface area contributed by atoms with Crippen LogP contribution in [-0.4, -0.2) is 78.0 Å². The maximum absolute atomic E-state index is 13.5. The molecule has 0 aliphatic heterocycles. The molecule has 2 aromatic heterocycles. The molecule has 2 heterocycles. The van der Waals surface area contributed by atoms with Crippen molar-refractivity contribution in [3.05, 3.63) is 66.3 Å². The largest absolute Gasteiger partial charge is 0.508 e. The van der Waals surface area contributed by atoms with Crippen molar-refractivity contribution in [2.45, 2.75) is 57.3 Å². The van der Waals surface area contributed by atoms with Crippen LogP contribution >= 0.6 is 0 Å². The van der Waals surface area contributed by atoms with E-state index >= 15 is 0 Å². The second-order valence-electron chi connectivity index (χ2n) is 9.72. The third-order valence-electron chi connectivity index (χ3n) is 6.24. The second-order valence-corrected chi connectivity index (χ2v) is 9.72. The Morgan fingerprint density at radius 3 is 1.75 bits per heavy atom. The lowest BCUT2D eigenvalue weighted by molar-refractivity contribution is -0.142. The molecule has 0 fully saturated rings. The molecule has 1 aromatic carbocycles. The molecule has 9 N–H and O–H groups in total. The zero-order chi connectivity index (χ0) is 29.2. The zero-order valence-electron chi connectivity index (χ0n) is 22.1. The lowest BCUT2D eigenvalue weighted by Gasteiger charge is -2.25. The average molecular weight is 555 g/mol. The topological polar surface area (TPSA) is 228 Å². The van der Waals surface area contributed by atoms with E-state index in [9.17, 15) is 29.4 Å². The predicted octanol–water partition coefficient (Wildman–Crippen LogP) is -0.611. The quantitative estimate of drug-likeness (QED) is 0.127. The van der Waals surface area contributed by atoms with Crippen LogP contribution in [-0.2, 0) is 38.4 Å². The van der Waals surface area contributed by atoms with Crippen LogP contribution in [0.1, 0.15) is 30.8 Å². The van der Waals surface area contributed by atoms with E-state index in [1.165, 1.54) is 37.2 Å². The molecule has 0 aliphatic carbocycles. The lowest BCUT2D eigenvalue weighted by atomic mass is 10.0. The van der Waals surface area contributed by atoms with Crippen molar-refractivity contribution in [1.29, 1.82) is 0 Å². The number of imidazole rings is 2. The molecule has 0 saturated carbocycles. The summed E-state index contributed by atoms with van der Waals surface area (Å²) in [6.45, 7) is 3.54. The van der Waals surface area contributed by atoms with Crippen LogP contribution in [0.3, 0.4) is 0 Å². The highest BCUT2D eigenvalue weighted by Gasteiger charge is 2.31. The van der Waals surface area contributed by atoms with E-state index < -0.39 is 47.9 Å². The van der Waals surface area contributed by atoms with Crippen molar-refractivity contribution in [3.63, 3.8) is 0 Å². The molecular weight excluding hydrogens is 520 g/mol. The van der Waals surface area contributed by atoms with E-state index in [4.69, 9.17) is 5.73 Å². The number of rotatable bonds is 14. The summed E-state index contributed by atoms with van der Waals surface area (Å²) in [6.07, 6.45) is 5.72. The number of H-pyrrole nitrogens is 2. The number of nitrogens with zero attached hydrogens (tertiary/aromatic N) is 2. The normalized spacial score (nSPS) is 14.1. The maximum atomic E-state index is 13.5. The summed E-state index contributed by atoms with van der Waals surface area (Å²) >= 11 is 0. The van der Waals surface area contributed by atoms with Gasteiger partial charge in [-0.2, -0.15) is 0 Å². The minimum Gasteiger partial charge on any atom is -0.508 e. The molecular formula is C26H34N8O6. The number of carbonyl (C=O) groups excluding carboxylic acids is 3. The van der Waals surface area contributed by atoms with Gasteiger partial charge < -0.3 is 41.9 Å². The molecule has 0 aliphatic rings. The highest BCUT2D eigenvalue weighted by molar-refractivity contribution is 5.94. The fraction of sp³-hybridized carbons (Fsp3) is 0.385. The summed E-state index contributed by atoms with van der Waals surface area (Å²) in [4.78, 5) is 64.9. The summed E-state index contributed by atoms with van der Waals surface area (Å²) < 4.78 is 0. The van der Waals surface area contributed by atoms with Crippen molar-refractivity contribution in [2.75, 3.05) is 0 Å². The maximum Gasteiger partial charge on any atom is 0.326 e. The fourth-order valence-corrected chi connectivity index (χ4v) is 3.83. The number of carbonyl (C=O) groups is 4. The van der Waals surface area contributed by atoms with Gasteiger partial charge in [0, 0.05) is 43.0 Å². The van der Waals surface area contributed by atoms with E-state index in [-0.39, 0.29) is 30.9 Å². The van der Waals surface area contributed by atoms with Crippen LogP contribution in [0.25, 0.3) is 0 Å². The summed E-state index contributed by atoms with van der Waals surface area (Å²) in [6, 6.07) is 1.49. The van der Waals surface area contributed by atoms with Crippen LogP contribution < -0.4 is 21.7 Å². The first-order valence-electron chi connectivity index (χ1n) is 12.7. The Labute approximate surface area is 230 Å². The molecule has 14 nitrogen and oxygen atoms in total. The van der Waals surface area contributed by atoms with Gasteiger partial charge in [0.1, 0.15) is 23.9 Å². The van der Waals surface area contributed by atoms with Gasteiger partial charge in [-0.1, -0.05) is 26.0 Å². The van der Waals surface area contributed by atoms with Gasteiger partial charge in [-0.15, -0.1) is 0 Å².